The van der Waals surface area contributed by atoms with E-state index in [1.807, 2.05) is 13.0 Å². The van der Waals surface area contributed by atoms with Crippen LogP contribution in [0.2, 0.25) is 0 Å². The van der Waals surface area contributed by atoms with Gasteiger partial charge in [-0.25, -0.2) is 4.79 Å². The second kappa shape index (κ2) is 14.2. The maximum Gasteiger partial charge on any atom is 0.335 e. The Morgan fingerprint density at radius 1 is 0.953 bits per heavy atom. The first-order valence-corrected chi connectivity index (χ1v) is 16.2. The van der Waals surface area contributed by atoms with Gasteiger partial charge in [0.15, 0.2) is 0 Å². The van der Waals surface area contributed by atoms with Crippen LogP contribution in [0.5, 0.6) is 5.75 Å². The van der Waals surface area contributed by atoms with Crippen molar-refractivity contribution in [2.45, 2.75) is 78.2 Å². The third-order valence-corrected chi connectivity index (χ3v) is 9.96. The highest BCUT2D eigenvalue weighted by atomic mass is 16.5. The molecule has 0 radical (unpaired) electrons. The molecule has 0 bridgehead atoms. The van der Waals surface area contributed by atoms with Crippen LogP contribution >= 0.6 is 0 Å². The van der Waals surface area contributed by atoms with E-state index in [4.69, 9.17) is 9.47 Å². The Kier molecular flexibility index (Phi) is 10.3. The second-order valence-electron chi connectivity index (χ2n) is 12.5. The Balaban J connectivity index is 0.00000368. The first kappa shape index (κ1) is 31.4. The minimum Gasteiger partial charge on any atom is -0.494 e. The van der Waals surface area contributed by atoms with E-state index >= 15 is 0 Å². The molecule has 2 aromatic carbocycles. The zero-order chi connectivity index (χ0) is 29.1. The SMILES string of the molecule is C.CCOc1ccc2c(c1)N(CCN1CCC(CCOC)CC1)CCn1c-2c(C2CCCCC2)c2ccc(C(=O)O)cc21. The van der Waals surface area contributed by atoms with Gasteiger partial charge in [0, 0.05) is 68.1 Å². The second-order valence-corrected chi connectivity index (χ2v) is 12.5. The quantitative estimate of drug-likeness (QED) is 0.262. The number of carboxylic acid groups (broad SMARTS) is 1. The Labute approximate surface area is 257 Å². The van der Waals surface area contributed by atoms with E-state index in [9.17, 15) is 9.90 Å². The van der Waals surface area contributed by atoms with Crippen LogP contribution in [0.15, 0.2) is 36.4 Å². The monoisotopic (exact) mass is 589 g/mol. The fourth-order valence-corrected chi connectivity index (χ4v) is 7.68. The summed E-state index contributed by atoms with van der Waals surface area (Å²) in [6.45, 7) is 9.58. The number of nitrogens with zero attached hydrogens (tertiary/aromatic N) is 3. The number of ether oxygens (including phenoxy) is 2. The number of carboxylic acids is 1. The van der Waals surface area contributed by atoms with Crippen LogP contribution in [0.25, 0.3) is 22.2 Å². The molecular weight excluding hydrogens is 538 g/mol. The highest BCUT2D eigenvalue weighted by molar-refractivity contribution is 5.99. The molecule has 0 unspecified atom stereocenters. The Bertz CT molecular complexity index is 1380. The van der Waals surface area contributed by atoms with Crippen molar-refractivity contribution in [2.75, 3.05) is 57.9 Å². The molecule has 3 heterocycles. The zero-order valence-corrected chi connectivity index (χ0v) is 25.4. The number of hydrogen-bond acceptors (Lipinski definition) is 5. The molecular formula is C36H51N3O4. The van der Waals surface area contributed by atoms with Crippen molar-refractivity contribution in [3.05, 3.63) is 47.5 Å². The number of fused-ring (bicyclic) bond motifs is 5. The molecule has 1 saturated carbocycles. The van der Waals surface area contributed by atoms with Crippen molar-refractivity contribution in [1.82, 2.24) is 9.47 Å². The van der Waals surface area contributed by atoms with Crippen LogP contribution in [-0.4, -0.2) is 73.6 Å². The van der Waals surface area contributed by atoms with Gasteiger partial charge >= 0.3 is 5.97 Å². The molecule has 43 heavy (non-hydrogen) atoms. The highest BCUT2D eigenvalue weighted by Gasteiger charge is 2.31. The first-order chi connectivity index (χ1) is 20.6. The predicted molar refractivity (Wildman–Crippen MR) is 176 cm³/mol. The number of benzene rings is 2. The lowest BCUT2D eigenvalue weighted by molar-refractivity contribution is 0.0697. The van der Waals surface area contributed by atoms with E-state index in [0.29, 0.717) is 18.1 Å². The van der Waals surface area contributed by atoms with E-state index in [1.165, 1.54) is 79.3 Å². The van der Waals surface area contributed by atoms with E-state index in [1.54, 1.807) is 13.2 Å². The number of anilines is 1. The van der Waals surface area contributed by atoms with Crippen molar-refractivity contribution < 1.29 is 19.4 Å². The Morgan fingerprint density at radius 3 is 2.47 bits per heavy atom. The lowest BCUT2D eigenvalue weighted by Gasteiger charge is -2.34. The lowest BCUT2D eigenvalue weighted by atomic mass is 9.81. The molecule has 2 fully saturated rings. The fraction of sp³-hybridized carbons (Fsp3) is 0.583. The highest BCUT2D eigenvalue weighted by Crippen LogP contribution is 2.48. The van der Waals surface area contributed by atoms with Gasteiger partial charge in [-0.1, -0.05) is 32.8 Å². The topological polar surface area (TPSA) is 67.2 Å². The van der Waals surface area contributed by atoms with Gasteiger partial charge in [0.2, 0.25) is 0 Å². The van der Waals surface area contributed by atoms with Gasteiger partial charge in [-0.3, -0.25) is 0 Å². The normalized spacial score (nSPS) is 18.1. The third-order valence-electron chi connectivity index (χ3n) is 9.96. The van der Waals surface area contributed by atoms with Crippen LogP contribution in [0.3, 0.4) is 0 Å². The van der Waals surface area contributed by atoms with Crippen molar-refractivity contribution in [2.24, 2.45) is 5.92 Å². The summed E-state index contributed by atoms with van der Waals surface area (Å²) < 4.78 is 13.8. The van der Waals surface area contributed by atoms with Crippen LogP contribution in [0.1, 0.15) is 87.6 Å². The van der Waals surface area contributed by atoms with E-state index in [0.717, 1.165) is 63.1 Å². The van der Waals surface area contributed by atoms with Gasteiger partial charge < -0.3 is 28.9 Å². The number of rotatable bonds is 10. The summed E-state index contributed by atoms with van der Waals surface area (Å²) in [5.41, 5.74) is 6.63. The summed E-state index contributed by atoms with van der Waals surface area (Å²) in [4.78, 5) is 17.2. The number of methoxy groups -OCH3 is 1. The summed E-state index contributed by atoms with van der Waals surface area (Å²) in [5.74, 6) is 1.33. The lowest BCUT2D eigenvalue weighted by Crippen LogP contribution is -2.40. The minimum absolute atomic E-state index is 0. The van der Waals surface area contributed by atoms with Crippen molar-refractivity contribution >= 4 is 22.6 Å². The number of piperidine rings is 1. The van der Waals surface area contributed by atoms with Crippen LogP contribution in [-0.2, 0) is 11.3 Å². The Morgan fingerprint density at radius 2 is 1.74 bits per heavy atom. The summed E-state index contributed by atoms with van der Waals surface area (Å²) in [7, 11) is 1.80. The maximum atomic E-state index is 12.0. The molecule has 0 spiro atoms. The number of carbonyl (C=O) groups is 1. The Hall–Kier alpha value is -3.03. The van der Waals surface area contributed by atoms with Crippen molar-refractivity contribution in [3.8, 4) is 17.0 Å². The summed E-state index contributed by atoms with van der Waals surface area (Å²) in [6, 6.07) is 12.4. The molecule has 7 nitrogen and oxygen atoms in total. The van der Waals surface area contributed by atoms with Gasteiger partial charge in [0.05, 0.1) is 17.9 Å². The number of aromatic nitrogens is 1. The summed E-state index contributed by atoms with van der Waals surface area (Å²) in [6.07, 6.45) is 9.89. The largest absolute Gasteiger partial charge is 0.494 e. The third kappa shape index (κ3) is 6.58. The average Bonchev–Trinajstić information content (AvgIpc) is 3.25. The maximum absolute atomic E-state index is 12.0. The summed E-state index contributed by atoms with van der Waals surface area (Å²) >= 11 is 0. The smallest absolute Gasteiger partial charge is 0.335 e. The average molecular weight is 590 g/mol. The minimum atomic E-state index is -0.866. The molecule has 3 aromatic rings. The molecule has 0 amide bonds. The molecule has 0 atom stereocenters. The van der Waals surface area contributed by atoms with E-state index in [-0.39, 0.29) is 7.43 Å². The first-order valence-electron chi connectivity index (χ1n) is 16.2. The van der Waals surface area contributed by atoms with Gasteiger partial charge in [-0.15, -0.1) is 0 Å². The zero-order valence-electron chi connectivity index (χ0n) is 25.4. The fourth-order valence-electron chi connectivity index (χ4n) is 7.68. The standard InChI is InChI=1S/C35H47N3O4.CH4/c1-3-42-28-10-12-30-31(24-28)37(19-18-36-16-13-25(14-17-36)15-22-41-2)20-21-38-32-23-27(35(39)40)9-11-29(32)33(34(30)38)26-7-5-4-6-8-26;/h9-12,23-26H,3-8,13-22H2,1-2H3,(H,39,40);1H4. The molecule has 3 aliphatic rings. The predicted octanol–water partition coefficient (Wildman–Crippen LogP) is 7.66. The molecule has 1 saturated heterocycles. The van der Waals surface area contributed by atoms with E-state index in [2.05, 4.69) is 38.6 Å². The molecule has 234 valence electrons. The number of likely N-dealkylation sites (tertiary alicyclic amines) is 1. The molecule has 2 aliphatic heterocycles. The van der Waals surface area contributed by atoms with Crippen molar-refractivity contribution in [3.63, 3.8) is 0 Å². The van der Waals surface area contributed by atoms with Gasteiger partial charge in [0.1, 0.15) is 5.75 Å². The van der Waals surface area contributed by atoms with Crippen LogP contribution in [0.4, 0.5) is 5.69 Å². The number of aromatic carboxylic acids is 1. The molecule has 6 rings (SSSR count). The number of hydrogen-bond donors (Lipinski definition) is 1. The van der Waals surface area contributed by atoms with Gasteiger partial charge in [-0.05, 0) is 93.8 Å². The van der Waals surface area contributed by atoms with Crippen LogP contribution < -0.4 is 9.64 Å². The van der Waals surface area contributed by atoms with Gasteiger partial charge in [0.25, 0.3) is 0 Å². The molecule has 7 heteroatoms. The summed E-state index contributed by atoms with van der Waals surface area (Å²) in [5, 5.41) is 11.1. The molecule has 1 aliphatic carbocycles. The van der Waals surface area contributed by atoms with Crippen LogP contribution in [0, 0.1) is 5.92 Å². The van der Waals surface area contributed by atoms with Gasteiger partial charge in [-0.2, -0.15) is 0 Å². The van der Waals surface area contributed by atoms with E-state index < -0.39 is 5.97 Å². The van der Waals surface area contributed by atoms with Crippen molar-refractivity contribution in [1.29, 1.82) is 0 Å². The molecule has 1 N–H and O–H groups in total. The molecule has 1 aromatic heterocycles.